The summed E-state index contributed by atoms with van der Waals surface area (Å²) in [5.74, 6) is -0.783. The number of amides is 1. The van der Waals surface area contributed by atoms with E-state index in [1.807, 2.05) is 0 Å². The number of aromatic hydroxyl groups is 1. The van der Waals surface area contributed by atoms with Gasteiger partial charge in [-0.05, 0) is 43.2 Å². The second-order valence-electron chi connectivity index (χ2n) is 6.64. The lowest BCUT2D eigenvalue weighted by atomic mass is 10.0. The van der Waals surface area contributed by atoms with Crippen LogP contribution in [0.15, 0.2) is 51.7 Å². The molecule has 0 saturated carbocycles. The van der Waals surface area contributed by atoms with Gasteiger partial charge in [0.1, 0.15) is 11.3 Å². The molecule has 0 unspecified atom stereocenters. The number of benzene rings is 2. The number of anilines is 1. The van der Waals surface area contributed by atoms with E-state index in [4.69, 9.17) is 9.15 Å². The van der Waals surface area contributed by atoms with E-state index in [-0.39, 0.29) is 30.1 Å². The molecule has 7 heteroatoms. The number of ether oxygens (including phenoxy) is 1. The Balaban J connectivity index is 1.84. The van der Waals surface area contributed by atoms with Crippen molar-refractivity contribution in [2.45, 2.75) is 19.8 Å². The molecule has 3 aromatic rings. The number of esters is 1. The summed E-state index contributed by atoms with van der Waals surface area (Å²) in [5, 5.41) is 10.3. The highest BCUT2D eigenvalue weighted by Crippen LogP contribution is 2.25. The highest BCUT2D eigenvalue weighted by atomic mass is 16.5. The first-order valence-electron chi connectivity index (χ1n) is 9.02. The topological polar surface area (TPSA) is 97.1 Å². The van der Waals surface area contributed by atoms with Gasteiger partial charge in [-0.3, -0.25) is 4.79 Å². The average Bonchev–Trinajstić information content (AvgIpc) is 2.71. The van der Waals surface area contributed by atoms with Crippen molar-refractivity contribution in [1.29, 1.82) is 0 Å². The van der Waals surface area contributed by atoms with Crippen molar-refractivity contribution in [3.8, 4) is 5.75 Å². The molecule has 7 nitrogen and oxygen atoms in total. The van der Waals surface area contributed by atoms with Crippen LogP contribution in [0.2, 0.25) is 0 Å². The van der Waals surface area contributed by atoms with Crippen LogP contribution in [0.25, 0.3) is 11.0 Å². The Morgan fingerprint density at radius 3 is 2.62 bits per heavy atom. The summed E-state index contributed by atoms with van der Waals surface area (Å²) in [5.41, 5.74) is 1.60. The minimum absolute atomic E-state index is 0.00822. The molecule has 1 amide bonds. The van der Waals surface area contributed by atoms with Gasteiger partial charge in [-0.1, -0.05) is 12.1 Å². The number of hydrogen-bond acceptors (Lipinski definition) is 6. The minimum atomic E-state index is -0.536. The zero-order chi connectivity index (χ0) is 21.1. The molecular weight excluding hydrogens is 374 g/mol. The van der Waals surface area contributed by atoms with Gasteiger partial charge >= 0.3 is 11.6 Å². The number of phenolic OH excluding ortho intramolecular Hbond substituents is 1. The maximum absolute atomic E-state index is 12.7. The molecule has 1 N–H and O–H groups in total. The molecule has 3 rings (SSSR count). The van der Waals surface area contributed by atoms with E-state index < -0.39 is 11.6 Å². The summed E-state index contributed by atoms with van der Waals surface area (Å²) in [6.07, 6.45) is 0.246. The molecule has 0 aliphatic heterocycles. The standard InChI is InChI=1S/C22H21NO6/c1-13-15-9-8-14(24)12-19(15)29-22(27)16(13)10-11-20(25)23(2)18-7-5-4-6-17(18)21(26)28-3/h4-9,12,24H,10-11H2,1-3H3. The molecule has 0 atom stereocenters. The molecule has 0 spiro atoms. The van der Waals surface area contributed by atoms with E-state index in [1.54, 1.807) is 44.3 Å². The lowest BCUT2D eigenvalue weighted by molar-refractivity contribution is -0.118. The van der Waals surface area contributed by atoms with Gasteiger partial charge in [-0.2, -0.15) is 0 Å². The zero-order valence-electron chi connectivity index (χ0n) is 16.4. The number of methoxy groups -OCH3 is 1. The normalized spacial score (nSPS) is 10.7. The third-order valence-electron chi connectivity index (χ3n) is 4.90. The van der Waals surface area contributed by atoms with Crippen LogP contribution in [-0.2, 0) is 16.0 Å². The van der Waals surface area contributed by atoms with Crippen molar-refractivity contribution in [3.05, 3.63) is 69.6 Å². The number of para-hydroxylation sites is 1. The average molecular weight is 395 g/mol. The molecule has 150 valence electrons. The lowest BCUT2D eigenvalue weighted by Crippen LogP contribution is -2.28. The number of hydrogen-bond donors (Lipinski definition) is 1. The van der Waals surface area contributed by atoms with Gasteiger partial charge in [-0.15, -0.1) is 0 Å². The second kappa shape index (κ2) is 8.18. The summed E-state index contributed by atoms with van der Waals surface area (Å²) in [6.45, 7) is 1.78. The Kier molecular flexibility index (Phi) is 5.68. The SMILES string of the molecule is COC(=O)c1ccccc1N(C)C(=O)CCc1c(C)c2ccc(O)cc2oc1=O. The van der Waals surface area contributed by atoms with Crippen molar-refractivity contribution in [3.63, 3.8) is 0 Å². The number of carbonyl (C=O) groups is 2. The Labute approximate surface area is 167 Å². The summed E-state index contributed by atoms with van der Waals surface area (Å²) < 4.78 is 10.1. The first kappa shape index (κ1) is 20.1. The van der Waals surface area contributed by atoms with Crippen LogP contribution < -0.4 is 10.5 Å². The van der Waals surface area contributed by atoms with E-state index in [9.17, 15) is 19.5 Å². The quantitative estimate of drug-likeness (QED) is 0.526. The Morgan fingerprint density at radius 2 is 1.90 bits per heavy atom. The molecule has 0 radical (unpaired) electrons. The highest BCUT2D eigenvalue weighted by molar-refractivity contribution is 6.02. The number of phenols is 1. The van der Waals surface area contributed by atoms with E-state index in [0.717, 1.165) is 0 Å². The molecular formula is C22H21NO6. The molecule has 1 heterocycles. The number of nitrogens with zero attached hydrogens (tertiary/aromatic N) is 1. The Hall–Kier alpha value is -3.61. The molecule has 0 fully saturated rings. The Morgan fingerprint density at radius 1 is 1.17 bits per heavy atom. The van der Waals surface area contributed by atoms with Crippen LogP contribution in [0.3, 0.4) is 0 Å². The summed E-state index contributed by atoms with van der Waals surface area (Å²) >= 11 is 0. The smallest absolute Gasteiger partial charge is 0.339 e. The van der Waals surface area contributed by atoms with Gasteiger partial charge in [0, 0.05) is 30.5 Å². The van der Waals surface area contributed by atoms with Gasteiger partial charge in [0.25, 0.3) is 0 Å². The first-order valence-corrected chi connectivity index (χ1v) is 9.02. The Bertz CT molecular complexity index is 1150. The molecule has 2 aromatic carbocycles. The number of aryl methyl sites for hydroxylation is 1. The van der Waals surface area contributed by atoms with Gasteiger partial charge in [0.15, 0.2) is 0 Å². The molecule has 0 bridgehead atoms. The minimum Gasteiger partial charge on any atom is -0.508 e. The predicted molar refractivity (Wildman–Crippen MR) is 108 cm³/mol. The van der Waals surface area contributed by atoms with E-state index in [0.29, 0.717) is 27.8 Å². The van der Waals surface area contributed by atoms with Crippen molar-refractivity contribution in [1.82, 2.24) is 0 Å². The molecule has 0 saturated heterocycles. The monoisotopic (exact) mass is 395 g/mol. The zero-order valence-corrected chi connectivity index (χ0v) is 16.4. The van der Waals surface area contributed by atoms with Crippen LogP contribution in [-0.4, -0.2) is 31.1 Å². The van der Waals surface area contributed by atoms with Crippen molar-refractivity contribution in [2.75, 3.05) is 19.1 Å². The fourth-order valence-corrected chi connectivity index (χ4v) is 3.25. The van der Waals surface area contributed by atoms with Crippen molar-refractivity contribution >= 4 is 28.5 Å². The van der Waals surface area contributed by atoms with Gasteiger partial charge in [0.05, 0.1) is 18.4 Å². The molecule has 0 aliphatic carbocycles. The maximum Gasteiger partial charge on any atom is 0.339 e. The fourth-order valence-electron chi connectivity index (χ4n) is 3.25. The van der Waals surface area contributed by atoms with E-state index in [2.05, 4.69) is 0 Å². The third-order valence-corrected chi connectivity index (χ3v) is 4.90. The van der Waals surface area contributed by atoms with E-state index >= 15 is 0 Å². The largest absolute Gasteiger partial charge is 0.508 e. The summed E-state index contributed by atoms with van der Waals surface area (Å²) in [7, 11) is 2.85. The van der Waals surface area contributed by atoms with E-state index in [1.165, 1.54) is 24.1 Å². The van der Waals surface area contributed by atoms with Crippen LogP contribution in [0.4, 0.5) is 5.69 Å². The number of rotatable bonds is 5. The number of carbonyl (C=O) groups excluding carboxylic acids is 2. The molecule has 0 aliphatic rings. The van der Waals surface area contributed by atoms with Crippen molar-refractivity contribution in [2.24, 2.45) is 0 Å². The highest BCUT2D eigenvalue weighted by Gasteiger charge is 2.20. The molecule has 29 heavy (non-hydrogen) atoms. The van der Waals surface area contributed by atoms with Crippen LogP contribution >= 0.6 is 0 Å². The van der Waals surface area contributed by atoms with Crippen LogP contribution in [0.1, 0.15) is 27.9 Å². The van der Waals surface area contributed by atoms with Gasteiger partial charge < -0.3 is 19.2 Å². The lowest BCUT2D eigenvalue weighted by Gasteiger charge is -2.20. The fraction of sp³-hybridized carbons (Fsp3) is 0.227. The van der Waals surface area contributed by atoms with Crippen LogP contribution in [0.5, 0.6) is 5.75 Å². The summed E-state index contributed by atoms with van der Waals surface area (Å²) in [4.78, 5) is 38.4. The predicted octanol–water partition coefficient (Wildman–Crippen LogP) is 3.19. The van der Waals surface area contributed by atoms with Crippen LogP contribution in [0, 0.1) is 6.92 Å². The third kappa shape index (κ3) is 3.99. The number of fused-ring (bicyclic) bond motifs is 1. The van der Waals surface area contributed by atoms with Crippen molar-refractivity contribution < 1.29 is 23.8 Å². The summed E-state index contributed by atoms with van der Waals surface area (Å²) in [6, 6.07) is 11.2. The molecule has 1 aromatic heterocycles. The maximum atomic E-state index is 12.7. The van der Waals surface area contributed by atoms with Gasteiger partial charge in [0.2, 0.25) is 5.91 Å². The second-order valence-corrected chi connectivity index (χ2v) is 6.64. The first-order chi connectivity index (χ1) is 13.8. The van der Waals surface area contributed by atoms with Gasteiger partial charge in [-0.25, -0.2) is 9.59 Å².